The monoisotopic (exact) mass is 437 g/mol. The molecule has 1 aliphatic rings. The van der Waals surface area contributed by atoms with Crippen LogP contribution in [0.4, 0.5) is 11.4 Å². The lowest BCUT2D eigenvalue weighted by atomic mass is 10.1. The van der Waals surface area contributed by atoms with Crippen molar-refractivity contribution in [3.63, 3.8) is 0 Å². The highest BCUT2D eigenvalue weighted by molar-refractivity contribution is 7.92. The molecule has 1 saturated heterocycles. The van der Waals surface area contributed by atoms with Gasteiger partial charge in [-0.1, -0.05) is 23.7 Å². The number of anilines is 1. The minimum Gasteiger partial charge on any atom is -0.339 e. The number of carbonyl (C=O) groups is 1. The van der Waals surface area contributed by atoms with Crippen molar-refractivity contribution in [1.82, 2.24) is 4.90 Å². The number of hydrogen-bond donors (Lipinski definition) is 1. The molecule has 0 saturated carbocycles. The number of para-hydroxylation sites is 1. The molecule has 8 nitrogen and oxygen atoms in total. The van der Waals surface area contributed by atoms with Crippen molar-refractivity contribution >= 4 is 38.9 Å². The minimum atomic E-state index is -4.20. The summed E-state index contributed by atoms with van der Waals surface area (Å²) >= 11 is 6.00. The second kappa shape index (κ2) is 8.38. The van der Waals surface area contributed by atoms with Crippen LogP contribution in [0, 0.1) is 17.0 Å². The molecule has 0 aliphatic carbocycles. The van der Waals surface area contributed by atoms with E-state index in [1.165, 1.54) is 13.0 Å². The highest BCUT2D eigenvalue weighted by Gasteiger charge is 2.26. The van der Waals surface area contributed by atoms with Crippen LogP contribution in [0.2, 0.25) is 5.02 Å². The summed E-state index contributed by atoms with van der Waals surface area (Å²) < 4.78 is 28.1. The maximum Gasteiger partial charge on any atom is 0.275 e. The van der Waals surface area contributed by atoms with Crippen molar-refractivity contribution in [3.8, 4) is 0 Å². The number of carbonyl (C=O) groups excluding carboxylic acids is 1. The third-order valence-corrected chi connectivity index (χ3v) is 6.58. The molecule has 2 aromatic rings. The number of hydrogen-bond acceptors (Lipinski definition) is 5. The van der Waals surface area contributed by atoms with E-state index >= 15 is 0 Å². The summed E-state index contributed by atoms with van der Waals surface area (Å²) in [7, 11) is -4.20. The Morgan fingerprint density at radius 3 is 2.48 bits per heavy atom. The maximum atomic E-state index is 12.9. The Bertz CT molecular complexity index is 1070. The molecule has 0 radical (unpaired) electrons. The normalized spacial score (nSPS) is 14.5. The van der Waals surface area contributed by atoms with Crippen molar-refractivity contribution in [3.05, 3.63) is 62.7 Å². The molecule has 0 bridgehead atoms. The molecule has 29 heavy (non-hydrogen) atoms. The molecule has 3 rings (SSSR count). The lowest BCUT2D eigenvalue weighted by Gasteiger charge is -2.27. The second-order valence-corrected chi connectivity index (χ2v) is 8.90. The first-order chi connectivity index (χ1) is 13.7. The van der Waals surface area contributed by atoms with E-state index in [1.807, 2.05) is 0 Å². The largest absolute Gasteiger partial charge is 0.339 e. The molecule has 1 fully saturated rings. The Balaban J connectivity index is 1.96. The zero-order valence-electron chi connectivity index (χ0n) is 15.7. The second-order valence-electron chi connectivity index (χ2n) is 6.81. The molecule has 1 aliphatic heterocycles. The van der Waals surface area contributed by atoms with Crippen LogP contribution in [0.3, 0.4) is 0 Å². The molecule has 0 spiro atoms. The highest BCUT2D eigenvalue weighted by atomic mass is 35.5. The molecule has 0 atom stereocenters. The Morgan fingerprint density at radius 1 is 1.17 bits per heavy atom. The van der Waals surface area contributed by atoms with Crippen LogP contribution in [-0.2, 0) is 10.0 Å². The number of halogens is 1. The van der Waals surface area contributed by atoms with Gasteiger partial charge in [0, 0.05) is 24.7 Å². The van der Waals surface area contributed by atoms with Gasteiger partial charge in [-0.15, -0.1) is 0 Å². The lowest BCUT2D eigenvalue weighted by molar-refractivity contribution is -0.385. The number of amides is 1. The fraction of sp³-hybridized carbons (Fsp3) is 0.316. The van der Waals surface area contributed by atoms with Crippen LogP contribution in [0.25, 0.3) is 0 Å². The van der Waals surface area contributed by atoms with Crippen molar-refractivity contribution in [2.45, 2.75) is 31.1 Å². The molecule has 2 aromatic carbocycles. The van der Waals surface area contributed by atoms with E-state index in [4.69, 9.17) is 11.6 Å². The van der Waals surface area contributed by atoms with Crippen LogP contribution in [0.15, 0.2) is 41.3 Å². The lowest BCUT2D eigenvalue weighted by Crippen LogP contribution is -2.36. The Morgan fingerprint density at radius 2 is 1.83 bits per heavy atom. The van der Waals surface area contributed by atoms with Gasteiger partial charge in [0.15, 0.2) is 0 Å². The Labute approximate surface area is 173 Å². The van der Waals surface area contributed by atoms with Gasteiger partial charge in [-0.25, -0.2) is 8.42 Å². The summed E-state index contributed by atoms with van der Waals surface area (Å²) in [5, 5.41) is 11.2. The van der Waals surface area contributed by atoms with Gasteiger partial charge in [0.2, 0.25) is 0 Å². The first-order valence-electron chi connectivity index (χ1n) is 9.06. The van der Waals surface area contributed by atoms with Crippen molar-refractivity contribution < 1.29 is 18.1 Å². The summed E-state index contributed by atoms with van der Waals surface area (Å²) in [5.41, 5.74) is 0.125. The quantitative estimate of drug-likeness (QED) is 0.561. The Hall–Kier alpha value is -2.65. The van der Waals surface area contributed by atoms with Crippen molar-refractivity contribution in [2.24, 2.45) is 0 Å². The number of nitro groups is 1. The highest BCUT2D eigenvalue weighted by Crippen LogP contribution is 2.31. The summed E-state index contributed by atoms with van der Waals surface area (Å²) in [6.07, 6.45) is 2.88. The van der Waals surface area contributed by atoms with E-state index in [-0.39, 0.29) is 32.6 Å². The van der Waals surface area contributed by atoms with Gasteiger partial charge >= 0.3 is 0 Å². The average molecular weight is 438 g/mol. The fourth-order valence-electron chi connectivity index (χ4n) is 3.21. The first kappa shape index (κ1) is 21.1. The number of nitrogens with zero attached hydrogens (tertiary/aromatic N) is 2. The molecule has 1 amide bonds. The molecular weight excluding hydrogens is 418 g/mol. The van der Waals surface area contributed by atoms with Gasteiger partial charge in [0.25, 0.3) is 21.6 Å². The number of nitro benzene ring substituents is 1. The summed E-state index contributed by atoms with van der Waals surface area (Å²) in [6.45, 7) is 2.69. The predicted octanol–water partition coefficient (Wildman–Crippen LogP) is 3.98. The van der Waals surface area contributed by atoms with Crippen molar-refractivity contribution in [1.29, 1.82) is 0 Å². The number of sulfonamides is 1. The van der Waals surface area contributed by atoms with Gasteiger partial charge in [0.05, 0.1) is 26.1 Å². The molecule has 10 heteroatoms. The molecule has 0 unspecified atom stereocenters. The van der Waals surface area contributed by atoms with Gasteiger partial charge in [-0.05, 0) is 44.4 Å². The van der Waals surface area contributed by atoms with E-state index in [9.17, 15) is 23.3 Å². The molecule has 0 aromatic heterocycles. The van der Waals surface area contributed by atoms with E-state index < -0.39 is 20.6 Å². The van der Waals surface area contributed by atoms with Crippen molar-refractivity contribution in [2.75, 3.05) is 17.8 Å². The number of benzene rings is 2. The molecule has 1 heterocycles. The maximum absolute atomic E-state index is 12.9. The van der Waals surface area contributed by atoms with E-state index in [2.05, 4.69) is 4.72 Å². The fourth-order valence-corrected chi connectivity index (χ4v) is 4.62. The molecular formula is C19H20ClN3O5S. The third kappa shape index (κ3) is 4.51. The van der Waals surface area contributed by atoms with Gasteiger partial charge in [-0.3, -0.25) is 19.6 Å². The third-order valence-electron chi connectivity index (χ3n) is 4.84. The van der Waals surface area contributed by atoms with Crippen LogP contribution in [0.5, 0.6) is 0 Å². The summed E-state index contributed by atoms with van der Waals surface area (Å²) in [5.74, 6) is -0.254. The smallest absolute Gasteiger partial charge is 0.275 e. The van der Waals surface area contributed by atoms with Gasteiger partial charge in [-0.2, -0.15) is 0 Å². The number of likely N-dealkylation sites (tertiary alicyclic amines) is 1. The van der Waals surface area contributed by atoms with Crippen LogP contribution in [0.1, 0.15) is 35.2 Å². The predicted molar refractivity (Wildman–Crippen MR) is 110 cm³/mol. The molecule has 154 valence electrons. The van der Waals surface area contributed by atoms with Crippen LogP contribution in [-0.4, -0.2) is 37.2 Å². The number of rotatable bonds is 5. The van der Waals surface area contributed by atoms with E-state index in [0.29, 0.717) is 13.1 Å². The zero-order valence-corrected chi connectivity index (χ0v) is 17.3. The first-order valence-corrected chi connectivity index (χ1v) is 10.9. The summed E-state index contributed by atoms with van der Waals surface area (Å²) in [6, 6.07) is 8.41. The average Bonchev–Trinajstić information content (AvgIpc) is 2.70. The molecule has 1 N–H and O–H groups in total. The topological polar surface area (TPSA) is 110 Å². The summed E-state index contributed by atoms with van der Waals surface area (Å²) in [4.78, 5) is 24.7. The van der Waals surface area contributed by atoms with Gasteiger partial charge < -0.3 is 4.90 Å². The van der Waals surface area contributed by atoms with Crippen LogP contribution < -0.4 is 4.72 Å². The minimum absolute atomic E-state index is 0.0303. The van der Waals surface area contributed by atoms with Gasteiger partial charge in [0.1, 0.15) is 0 Å². The standard InChI is InChI=1S/C19H20ClN3O5S/c1-13-16(20)11-14(12-18(13)23(25)26)29(27,28)21-17-8-4-3-7-15(17)19(24)22-9-5-2-6-10-22/h3-4,7-8,11-12,21H,2,5-6,9-10H2,1H3. The van der Waals surface area contributed by atoms with Crippen LogP contribution >= 0.6 is 11.6 Å². The van der Waals surface area contributed by atoms with E-state index in [1.54, 1.807) is 23.1 Å². The van der Waals surface area contributed by atoms with E-state index in [0.717, 1.165) is 31.4 Å². The SMILES string of the molecule is Cc1c(Cl)cc(S(=O)(=O)Nc2ccccc2C(=O)N2CCCCC2)cc1[N+](=O)[O-]. The number of nitrogens with one attached hydrogen (secondary N) is 1. The number of piperidine rings is 1. The zero-order chi connectivity index (χ0) is 21.2. The Kier molecular flexibility index (Phi) is 6.09.